The minimum atomic E-state index is -1.62. The lowest BCUT2D eigenvalue weighted by Crippen LogP contribution is -2.59. The number of nitrogens with zero attached hydrogens (tertiary/aromatic N) is 2. The van der Waals surface area contributed by atoms with Gasteiger partial charge in [-0.05, 0) is 55.9 Å². The van der Waals surface area contributed by atoms with Crippen LogP contribution in [0, 0.1) is 5.41 Å². The number of carboxylic acids is 1. The van der Waals surface area contributed by atoms with Gasteiger partial charge in [0.15, 0.2) is 0 Å². The first-order valence-electron chi connectivity index (χ1n) is 19.8. The van der Waals surface area contributed by atoms with Crippen LogP contribution in [0.4, 0.5) is 0 Å². The average Bonchev–Trinajstić information content (AvgIpc) is 3.20. The molecule has 10 atom stereocenters. The van der Waals surface area contributed by atoms with Crippen LogP contribution in [0.3, 0.4) is 0 Å². The van der Waals surface area contributed by atoms with Crippen LogP contribution in [0.25, 0.3) is 0 Å². The van der Waals surface area contributed by atoms with Gasteiger partial charge >= 0.3 is 11.9 Å². The maximum absolute atomic E-state index is 13.9. The molecule has 0 saturated carbocycles. The Morgan fingerprint density at radius 2 is 1.23 bits per heavy atom. The number of carbonyl (C=O) groups excluding carboxylic acids is 3. The first-order chi connectivity index (χ1) is 27.2. The molecule has 18 nitrogen and oxygen atoms in total. The minimum Gasteiger partial charge on any atom is -0.481 e. The lowest BCUT2D eigenvalue weighted by molar-refractivity contribution is -0.232. The molecule has 3 saturated heterocycles. The summed E-state index contributed by atoms with van der Waals surface area (Å²) >= 11 is 0. The van der Waals surface area contributed by atoms with E-state index in [1.807, 2.05) is 30.3 Å². The number of hydrogen-bond acceptors (Lipinski definition) is 15. The number of likely N-dealkylation sites (tertiary alicyclic amines) is 1. The third-order valence-corrected chi connectivity index (χ3v) is 11.5. The van der Waals surface area contributed by atoms with Gasteiger partial charge in [-0.2, -0.15) is 0 Å². The number of ether oxygens (including phenoxy) is 3. The smallest absolute Gasteiger partial charge is 0.306 e. The number of benzene rings is 1. The van der Waals surface area contributed by atoms with E-state index in [0.29, 0.717) is 25.7 Å². The molecule has 2 amide bonds. The van der Waals surface area contributed by atoms with Gasteiger partial charge in [-0.1, -0.05) is 30.3 Å². The summed E-state index contributed by atoms with van der Waals surface area (Å²) < 4.78 is 16.5. The van der Waals surface area contributed by atoms with Crippen molar-refractivity contribution in [1.82, 2.24) is 9.80 Å². The fraction of sp³-hybridized carbons (Fsp3) is 0.744. The van der Waals surface area contributed by atoms with E-state index >= 15 is 0 Å². The molecular weight excluding hydrogens is 752 g/mol. The second-order valence-corrected chi connectivity index (χ2v) is 15.5. The predicted octanol–water partition coefficient (Wildman–Crippen LogP) is -1.55. The molecule has 1 aromatic carbocycles. The molecule has 57 heavy (non-hydrogen) atoms. The van der Waals surface area contributed by atoms with Crippen LogP contribution in [-0.4, -0.2) is 180 Å². The lowest BCUT2D eigenvalue weighted by atomic mass is 9.72. The Morgan fingerprint density at radius 1 is 0.719 bits per heavy atom. The summed E-state index contributed by atoms with van der Waals surface area (Å²) in [4.78, 5) is 54.2. The summed E-state index contributed by atoms with van der Waals surface area (Å²) in [5.74, 6) is -1.93. The SMILES string of the molecule is O=C(O)CC1(CCC(=O)N(CC[C@H]2O[C@H](CO)[C@@H](O)[C@H](O)[C@@H]2O)CC[C@H]2O[C@H](CO)[C@@H](O)[C@H](O)[C@@H]2O)CCN(C(=O)CCCCC(=O)OCc2ccccc2)CC1. The number of rotatable bonds is 20. The maximum atomic E-state index is 13.9. The van der Waals surface area contributed by atoms with E-state index in [0.717, 1.165) is 5.56 Å². The van der Waals surface area contributed by atoms with Gasteiger partial charge in [0.1, 0.15) is 55.4 Å². The Morgan fingerprint density at radius 3 is 1.74 bits per heavy atom. The summed E-state index contributed by atoms with van der Waals surface area (Å²) in [5.41, 5.74) is 0.0755. The molecule has 18 heteroatoms. The van der Waals surface area contributed by atoms with E-state index < -0.39 is 91.5 Å². The number of aliphatic hydroxyl groups excluding tert-OH is 8. The molecule has 0 aromatic heterocycles. The number of esters is 1. The van der Waals surface area contributed by atoms with E-state index in [-0.39, 0.29) is 89.6 Å². The number of aliphatic carboxylic acids is 1. The van der Waals surface area contributed by atoms with Crippen LogP contribution in [0.2, 0.25) is 0 Å². The highest BCUT2D eigenvalue weighted by molar-refractivity contribution is 5.77. The Kier molecular flexibility index (Phi) is 18.0. The zero-order valence-corrected chi connectivity index (χ0v) is 32.2. The molecule has 3 fully saturated rings. The van der Waals surface area contributed by atoms with Crippen molar-refractivity contribution in [2.45, 2.75) is 138 Å². The van der Waals surface area contributed by atoms with Gasteiger partial charge < -0.3 is 70.0 Å². The lowest BCUT2D eigenvalue weighted by Gasteiger charge is -2.42. The Hall–Kier alpha value is -3.30. The highest BCUT2D eigenvalue weighted by atomic mass is 16.6. The normalized spacial score (nSPS) is 30.1. The van der Waals surface area contributed by atoms with Crippen LogP contribution in [-0.2, 0) is 40.0 Å². The Balaban J connectivity index is 1.33. The summed E-state index contributed by atoms with van der Waals surface area (Å²) in [6.45, 7) is -0.660. The van der Waals surface area contributed by atoms with Crippen molar-refractivity contribution in [1.29, 1.82) is 0 Å². The zero-order chi connectivity index (χ0) is 41.7. The van der Waals surface area contributed by atoms with Crippen molar-refractivity contribution in [3.05, 3.63) is 35.9 Å². The van der Waals surface area contributed by atoms with Crippen LogP contribution in [0.1, 0.15) is 76.2 Å². The summed E-state index contributed by atoms with van der Waals surface area (Å²) in [7, 11) is 0. The number of unbranched alkanes of at least 4 members (excludes halogenated alkanes) is 1. The summed E-state index contributed by atoms with van der Waals surface area (Å²) in [6, 6.07) is 9.30. The van der Waals surface area contributed by atoms with Crippen LogP contribution in [0.15, 0.2) is 30.3 Å². The molecule has 0 bridgehead atoms. The van der Waals surface area contributed by atoms with Gasteiger partial charge in [-0.15, -0.1) is 0 Å². The number of amides is 2. The fourth-order valence-corrected chi connectivity index (χ4v) is 7.87. The third-order valence-electron chi connectivity index (χ3n) is 11.5. The van der Waals surface area contributed by atoms with Crippen molar-refractivity contribution in [3.8, 4) is 0 Å². The summed E-state index contributed by atoms with van der Waals surface area (Å²) in [5, 5.41) is 91.2. The largest absolute Gasteiger partial charge is 0.481 e. The molecule has 0 unspecified atom stereocenters. The number of carboxylic acid groups (broad SMARTS) is 1. The molecular formula is C39H60N2O16. The average molecular weight is 813 g/mol. The number of aliphatic hydroxyl groups is 8. The molecule has 0 aliphatic carbocycles. The van der Waals surface area contributed by atoms with Gasteiger partial charge in [0, 0.05) is 45.4 Å². The van der Waals surface area contributed by atoms with E-state index in [2.05, 4.69) is 0 Å². The van der Waals surface area contributed by atoms with Gasteiger partial charge in [0.2, 0.25) is 11.8 Å². The van der Waals surface area contributed by atoms with E-state index in [1.54, 1.807) is 4.90 Å². The maximum Gasteiger partial charge on any atom is 0.306 e. The quantitative estimate of drug-likeness (QED) is 0.0532. The molecule has 9 N–H and O–H groups in total. The van der Waals surface area contributed by atoms with Crippen molar-refractivity contribution in [2.75, 3.05) is 39.4 Å². The first-order valence-corrected chi connectivity index (χ1v) is 19.8. The van der Waals surface area contributed by atoms with Crippen LogP contribution < -0.4 is 0 Å². The van der Waals surface area contributed by atoms with Gasteiger partial charge in [0.05, 0.1) is 31.8 Å². The van der Waals surface area contributed by atoms with Crippen molar-refractivity contribution >= 4 is 23.8 Å². The van der Waals surface area contributed by atoms with E-state index in [1.165, 1.54) is 4.90 Å². The predicted molar refractivity (Wildman–Crippen MR) is 198 cm³/mol. The highest BCUT2D eigenvalue weighted by Crippen LogP contribution is 2.40. The Labute approximate surface area is 331 Å². The first kappa shape index (κ1) is 46.4. The number of hydrogen-bond donors (Lipinski definition) is 9. The number of piperidine rings is 1. The number of carbonyl (C=O) groups is 4. The fourth-order valence-electron chi connectivity index (χ4n) is 7.87. The molecule has 4 rings (SSSR count). The minimum absolute atomic E-state index is 0.0475. The molecule has 0 radical (unpaired) electrons. The Bertz CT molecular complexity index is 1380. The van der Waals surface area contributed by atoms with Gasteiger partial charge in [-0.3, -0.25) is 19.2 Å². The standard InChI is InChI=1S/C39H60N2O16/c42-21-27-35(51)37(53)33(49)25(56-27)11-16-40(17-12-26-34(50)38(54)36(52)28(22-43)57-26)30(45)10-13-39(20-31(46)47)14-18-41(19-15-39)29(44)8-4-5-9-32(48)55-23-24-6-2-1-3-7-24/h1-3,6-7,25-28,33-38,42-43,49-54H,4-5,8-23H2,(H,46,47)/t25-,26-,27-,28-,33-,34-,35-,36-,37-,38-/m1/s1. The molecule has 3 aliphatic rings. The molecule has 322 valence electrons. The molecule has 3 aliphatic heterocycles. The van der Waals surface area contributed by atoms with Gasteiger partial charge in [0.25, 0.3) is 0 Å². The second-order valence-electron chi connectivity index (χ2n) is 15.5. The van der Waals surface area contributed by atoms with Gasteiger partial charge in [-0.25, -0.2) is 0 Å². The van der Waals surface area contributed by atoms with Crippen molar-refractivity contribution < 1.29 is 79.3 Å². The monoisotopic (exact) mass is 812 g/mol. The third kappa shape index (κ3) is 13.1. The second kappa shape index (κ2) is 22.2. The topological polar surface area (TPSA) is 285 Å². The van der Waals surface area contributed by atoms with Crippen molar-refractivity contribution in [2.24, 2.45) is 5.41 Å². The van der Waals surface area contributed by atoms with Crippen LogP contribution >= 0.6 is 0 Å². The zero-order valence-electron chi connectivity index (χ0n) is 32.2. The van der Waals surface area contributed by atoms with Crippen LogP contribution in [0.5, 0.6) is 0 Å². The molecule has 1 aromatic rings. The highest BCUT2D eigenvalue weighted by Gasteiger charge is 2.45. The van der Waals surface area contributed by atoms with E-state index in [9.17, 15) is 65.1 Å². The molecule has 3 heterocycles. The van der Waals surface area contributed by atoms with E-state index in [4.69, 9.17) is 14.2 Å². The summed E-state index contributed by atoms with van der Waals surface area (Å²) in [6.07, 6.45) is -12.2. The molecule has 0 spiro atoms. The van der Waals surface area contributed by atoms with Crippen molar-refractivity contribution in [3.63, 3.8) is 0 Å².